The van der Waals surface area contributed by atoms with Crippen molar-refractivity contribution in [1.29, 1.82) is 0 Å². The lowest BCUT2D eigenvalue weighted by Gasteiger charge is -2.23. The first-order chi connectivity index (χ1) is 21.6. The van der Waals surface area contributed by atoms with E-state index in [9.17, 15) is 9.18 Å². The Hall–Kier alpha value is -4.51. The van der Waals surface area contributed by atoms with Crippen LogP contribution in [0.4, 0.5) is 16.2 Å². The maximum Gasteiger partial charge on any atom is 0.272 e. The molecule has 1 fully saturated rings. The summed E-state index contributed by atoms with van der Waals surface area (Å²) < 4.78 is 17.2. The molecule has 234 valence electrons. The maximum atomic E-state index is 13.6. The minimum Gasteiger partial charge on any atom is -0.364 e. The Balaban J connectivity index is 1.28. The lowest BCUT2D eigenvalue weighted by atomic mass is 9.92. The molecule has 0 bridgehead atoms. The number of nitrogens with one attached hydrogen (secondary N) is 1. The normalized spacial score (nSPS) is 14.2. The van der Waals surface area contributed by atoms with Gasteiger partial charge in [0, 0.05) is 50.2 Å². The molecule has 1 saturated heterocycles. The number of aryl methyl sites for hydroxylation is 1. The van der Waals surface area contributed by atoms with Gasteiger partial charge in [0.25, 0.3) is 5.91 Å². The zero-order valence-corrected chi connectivity index (χ0v) is 26.7. The van der Waals surface area contributed by atoms with Crippen LogP contribution in [-0.4, -0.2) is 66.3 Å². The van der Waals surface area contributed by atoms with E-state index in [0.717, 1.165) is 23.2 Å². The van der Waals surface area contributed by atoms with Crippen molar-refractivity contribution in [3.8, 4) is 0 Å². The molecule has 1 aliphatic heterocycles. The molecule has 1 N–H and O–H groups in total. The zero-order valence-electron chi connectivity index (χ0n) is 26.0. The largest absolute Gasteiger partial charge is 0.364 e. The predicted octanol–water partition coefficient (Wildman–Crippen LogP) is 5.66. The van der Waals surface area contributed by atoms with Gasteiger partial charge >= 0.3 is 0 Å². The number of nitrogens with zero attached hydrogens (tertiary/aromatic N) is 8. The Kier molecular flexibility index (Phi) is 8.46. The topological polar surface area (TPSA) is 97.0 Å². The van der Waals surface area contributed by atoms with Gasteiger partial charge in [0.2, 0.25) is 5.95 Å². The molecule has 3 aromatic heterocycles. The first kappa shape index (κ1) is 30.5. The summed E-state index contributed by atoms with van der Waals surface area (Å²) in [6.07, 6.45) is 2.51. The quantitative estimate of drug-likeness (QED) is 0.248. The second kappa shape index (κ2) is 12.5. The van der Waals surface area contributed by atoms with E-state index in [0.29, 0.717) is 72.9 Å². The molecule has 12 heteroatoms. The molecule has 0 unspecified atom stereocenters. The predicted molar refractivity (Wildman–Crippen MR) is 174 cm³/mol. The van der Waals surface area contributed by atoms with Crippen molar-refractivity contribution in [2.24, 2.45) is 7.05 Å². The number of fused-ring (bicyclic) bond motifs is 1. The van der Waals surface area contributed by atoms with E-state index in [1.165, 1.54) is 12.1 Å². The summed E-state index contributed by atoms with van der Waals surface area (Å²) in [5.41, 5.74) is 4.49. The number of carbonyl (C=O) groups is 1. The molecule has 0 saturated carbocycles. The van der Waals surface area contributed by atoms with Crippen molar-refractivity contribution in [3.63, 3.8) is 0 Å². The Morgan fingerprint density at radius 2 is 1.80 bits per heavy atom. The highest BCUT2D eigenvalue weighted by Gasteiger charge is 2.27. The maximum absolute atomic E-state index is 13.6. The number of hydrogen-bond acceptors (Lipinski definition) is 7. The van der Waals surface area contributed by atoms with Gasteiger partial charge in [-0.2, -0.15) is 15.1 Å². The molecule has 4 heterocycles. The summed E-state index contributed by atoms with van der Waals surface area (Å²) in [6, 6.07) is 16.0. The van der Waals surface area contributed by atoms with E-state index >= 15 is 0 Å². The molecule has 2 aromatic carbocycles. The van der Waals surface area contributed by atoms with Crippen LogP contribution in [0.1, 0.15) is 54.5 Å². The molecule has 0 aliphatic carbocycles. The van der Waals surface area contributed by atoms with E-state index < -0.39 is 0 Å². The standard InChI is InChI=1S/C33H37ClFN9O/c1-33(2,3)27-18-26(41(4)40-27)31(45)42-14-7-15-43(17-16-42)32-38-29(36-19-22-10-12-24(35)13-11-22)28-30(39-32)44(21-37-28)20-23-8-5-6-9-25(23)34/h5-6,8-13,18,21H,7,14-17,19-20H2,1-4H3,(H,36,38,39). The number of hydrogen-bond donors (Lipinski definition) is 1. The van der Waals surface area contributed by atoms with Crippen LogP contribution in [0.25, 0.3) is 11.2 Å². The van der Waals surface area contributed by atoms with Gasteiger partial charge in [-0.05, 0) is 41.8 Å². The number of amides is 1. The van der Waals surface area contributed by atoms with Crippen LogP contribution in [0.3, 0.4) is 0 Å². The third-order valence-corrected chi connectivity index (χ3v) is 8.43. The minimum atomic E-state index is -0.282. The second-order valence-electron chi connectivity index (χ2n) is 12.4. The van der Waals surface area contributed by atoms with Crippen LogP contribution < -0.4 is 10.2 Å². The van der Waals surface area contributed by atoms with Crippen LogP contribution in [0.5, 0.6) is 0 Å². The zero-order chi connectivity index (χ0) is 31.7. The van der Waals surface area contributed by atoms with Crippen molar-refractivity contribution in [2.45, 2.75) is 45.7 Å². The van der Waals surface area contributed by atoms with Crippen LogP contribution in [-0.2, 0) is 25.6 Å². The fourth-order valence-electron chi connectivity index (χ4n) is 5.43. The number of aromatic nitrogens is 6. The summed E-state index contributed by atoms with van der Waals surface area (Å²) in [4.78, 5) is 32.2. The van der Waals surface area contributed by atoms with Crippen molar-refractivity contribution in [1.82, 2.24) is 34.2 Å². The van der Waals surface area contributed by atoms with E-state index in [1.807, 2.05) is 46.8 Å². The number of anilines is 2. The fraction of sp³-hybridized carbons (Fsp3) is 0.364. The van der Waals surface area contributed by atoms with Gasteiger partial charge in [-0.1, -0.05) is 62.7 Å². The molecule has 45 heavy (non-hydrogen) atoms. The van der Waals surface area contributed by atoms with Gasteiger partial charge < -0.3 is 19.7 Å². The Morgan fingerprint density at radius 1 is 1.02 bits per heavy atom. The van der Waals surface area contributed by atoms with E-state index in [1.54, 1.807) is 23.1 Å². The average Bonchev–Trinajstić information content (AvgIpc) is 3.52. The summed E-state index contributed by atoms with van der Waals surface area (Å²) in [6.45, 7) is 9.59. The van der Waals surface area contributed by atoms with E-state index in [2.05, 4.69) is 41.1 Å². The van der Waals surface area contributed by atoms with Gasteiger partial charge in [-0.25, -0.2) is 9.37 Å². The Bertz CT molecular complexity index is 1830. The van der Waals surface area contributed by atoms with Crippen molar-refractivity contribution < 1.29 is 9.18 Å². The van der Waals surface area contributed by atoms with Gasteiger partial charge in [0.1, 0.15) is 11.5 Å². The van der Waals surface area contributed by atoms with Crippen LogP contribution in [0.15, 0.2) is 60.9 Å². The van der Waals surface area contributed by atoms with Gasteiger partial charge in [-0.15, -0.1) is 0 Å². The smallest absolute Gasteiger partial charge is 0.272 e. The summed E-state index contributed by atoms with van der Waals surface area (Å²) in [5.74, 6) is 0.822. The Morgan fingerprint density at radius 3 is 2.53 bits per heavy atom. The highest BCUT2D eigenvalue weighted by Crippen LogP contribution is 2.27. The lowest BCUT2D eigenvalue weighted by molar-refractivity contribution is 0.0756. The fourth-order valence-corrected chi connectivity index (χ4v) is 5.62. The summed E-state index contributed by atoms with van der Waals surface area (Å²) in [5, 5.41) is 8.67. The summed E-state index contributed by atoms with van der Waals surface area (Å²) >= 11 is 6.49. The molecule has 0 atom stereocenters. The molecular weight excluding hydrogens is 593 g/mol. The first-order valence-electron chi connectivity index (χ1n) is 15.1. The van der Waals surface area contributed by atoms with Gasteiger partial charge in [0.05, 0.1) is 18.6 Å². The number of halogens is 2. The minimum absolute atomic E-state index is 0.0295. The summed E-state index contributed by atoms with van der Waals surface area (Å²) in [7, 11) is 1.82. The van der Waals surface area contributed by atoms with Crippen LogP contribution in [0.2, 0.25) is 5.02 Å². The van der Waals surface area contributed by atoms with E-state index in [4.69, 9.17) is 21.6 Å². The molecule has 0 spiro atoms. The molecular formula is C33H37ClFN9O. The third-order valence-electron chi connectivity index (χ3n) is 8.06. The highest BCUT2D eigenvalue weighted by atomic mass is 35.5. The van der Waals surface area contributed by atoms with Gasteiger partial charge in [0.15, 0.2) is 17.0 Å². The van der Waals surface area contributed by atoms with Crippen LogP contribution >= 0.6 is 11.6 Å². The van der Waals surface area contributed by atoms with E-state index in [-0.39, 0.29) is 17.1 Å². The Labute approximate surface area is 266 Å². The van der Waals surface area contributed by atoms with Gasteiger partial charge in [-0.3, -0.25) is 9.48 Å². The number of benzene rings is 2. The number of imidazole rings is 1. The molecule has 5 aromatic rings. The van der Waals surface area contributed by atoms with Crippen molar-refractivity contribution >= 4 is 40.4 Å². The SMILES string of the molecule is Cn1nc(C(C)(C)C)cc1C(=O)N1CCCN(c2nc(NCc3ccc(F)cc3)c3ncn(Cc4ccccc4Cl)c3n2)CC1. The van der Waals surface area contributed by atoms with Crippen LogP contribution in [0, 0.1) is 5.82 Å². The average molecular weight is 630 g/mol. The second-order valence-corrected chi connectivity index (χ2v) is 12.8. The monoisotopic (exact) mass is 629 g/mol. The number of rotatable bonds is 7. The highest BCUT2D eigenvalue weighted by molar-refractivity contribution is 6.31. The molecule has 0 radical (unpaired) electrons. The third kappa shape index (κ3) is 6.63. The molecule has 6 rings (SSSR count). The molecule has 10 nitrogen and oxygen atoms in total. The lowest BCUT2D eigenvalue weighted by Crippen LogP contribution is -2.36. The number of carbonyl (C=O) groups excluding carboxylic acids is 1. The molecule has 1 aliphatic rings. The van der Waals surface area contributed by atoms with Crippen molar-refractivity contribution in [2.75, 3.05) is 36.4 Å². The van der Waals surface area contributed by atoms with Crippen molar-refractivity contribution in [3.05, 3.63) is 94.3 Å². The first-order valence-corrected chi connectivity index (χ1v) is 15.5. The molecule has 1 amide bonds.